The highest BCUT2D eigenvalue weighted by molar-refractivity contribution is 6.04. The summed E-state index contributed by atoms with van der Waals surface area (Å²) in [6.45, 7) is 0. The van der Waals surface area contributed by atoms with Crippen LogP contribution in [0.2, 0.25) is 0 Å². The van der Waals surface area contributed by atoms with Crippen LogP contribution < -0.4 is 22.2 Å². The van der Waals surface area contributed by atoms with Gasteiger partial charge < -0.3 is 0 Å². The molecule has 0 N–H and O–H groups in total. The molecule has 0 atom stereocenters. The largest absolute Gasteiger partial charge is 0.268 e. The topological polar surface area (TPSA) is 104 Å². The molecule has 152 valence electrons. The Hall–Kier alpha value is -4.72. The minimum Gasteiger partial charge on any atom is -0.268 e. The summed E-state index contributed by atoms with van der Waals surface area (Å²) < 4.78 is 2.20. The molecule has 8 heteroatoms. The van der Waals surface area contributed by atoms with Crippen molar-refractivity contribution in [3.63, 3.8) is 0 Å². The number of pyridine rings is 2. The van der Waals surface area contributed by atoms with Crippen molar-refractivity contribution in [2.75, 3.05) is 0 Å². The van der Waals surface area contributed by atoms with E-state index in [1.807, 2.05) is 0 Å². The van der Waals surface area contributed by atoms with E-state index in [0.717, 1.165) is 9.13 Å². The molecule has 0 radical (unpaired) electrons. The first-order chi connectivity index (χ1) is 15.5. The molecular weight excluding hydrogens is 408 g/mol. The van der Waals surface area contributed by atoms with Crippen LogP contribution in [0.5, 0.6) is 0 Å². The summed E-state index contributed by atoms with van der Waals surface area (Å²) in [4.78, 5) is 59.8. The lowest BCUT2D eigenvalue weighted by atomic mass is 10.0. The molecule has 6 rings (SSSR count). The van der Waals surface area contributed by atoms with E-state index in [1.54, 1.807) is 48.5 Å². The van der Waals surface area contributed by atoms with Gasteiger partial charge in [0.1, 0.15) is 0 Å². The average Bonchev–Trinajstić information content (AvgIpc) is 3.21. The van der Waals surface area contributed by atoms with Crippen LogP contribution in [0.1, 0.15) is 0 Å². The maximum Gasteiger partial charge on any atom is 0.266 e. The highest BCUT2D eigenvalue weighted by Gasteiger charge is 2.18. The van der Waals surface area contributed by atoms with Crippen LogP contribution in [0, 0.1) is 0 Å². The molecule has 6 aromatic rings. The van der Waals surface area contributed by atoms with Gasteiger partial charge in [0.2, 0.25) is 0 Å². The van der Waals surface area contributed by atoms with Gasteiger partial charge in [0.25, 0.3) is 22.2 Å². The van der Waals surface area contributed by atoms with E-state index in [2.05, 4.69) is 9.97 Å². The first-order valence-electron chi connectivity index (χ1n) is 9.74. The SMILES string of the molecule is O=c1c2cc3cc4c(=O)n(-c5ccncc5)c(=O)c4cc3cc2c(=O)n1-c1ccncc1. The Morgan fingerprint density at radius 1 is 0.469 bits per heavy atom. The summed E-state index contributed by atoms with van der Waals surface area (Å²) in [7, 11) is 0. The minimum atomic E-state index is -0.445. The second kappa shape index (κ2) is 6.39. The summed E-state index contributed by atoms with van der Waals surface area (Å²) in [6, 6.07) is 12.7. The number of aromatic nitrogens is 4. The predicted octanol–water partition coefficient (Wildman–Crippen LogP) is 1.83. The Morgan fingerprint density at radius 2 is 0.750 bits per heavy atom. The molecule has 0 fully saturated rings. The van der Waals surface area contributed by atoms with Gasteiger partial charge in [0, 0.05) is 24.8 Å². The Balaban J connectivity index is 1.68. The molecule has 0 aliphatic carbocycles. The van der Waals surface area contributed by atoms with Gasteiger partial charge in [0.15, 0.2) is 0 Å². The quantitative estimate of drug-likeness (QED) is 0.423. The molecule has 2 aromatic carbocycles. The molecule has 4 heterocycles. The van der Waals surface area contributed by atoms with Crippen molar-refractivity contribution in [2.45, 2.75) is 0 Å². The second-order valence-corrected chi connectivity index (χ2v) is 7.44. The Labute approximate surface area is 178 Å². The lowest BCUT2D eigenvalue weighted by Gasteiger charge is -1.97. The van der Waals surface area contributed by atoms with Crippen molar-refractivity contribution in [1.82, 2.24) is 19.1 Å². The van der Waals surface area contributed by atoms with E-state index in [9.17, 15) is 19.2 Å². The summed E-state index contributed by atoms with van der Waals surface area (Å²) in [5, 5.41) is 2.20. The van der Waals surface area contributed by atoms with E-state index in [4.69, 9.17) is 0 Å². The fraction of sp³-hybridized carbons (Fsp3) is 0. The smallest absolute Gasteiger partial charge is 0.266 e. The predicted molar refractivity (Wildman–Crippen MR) is 121 cm³/mol. The highest BCUT2D eigenvalue weighted by atomic mass is 16.2. The Morgan fingerprint density at radius 3 is 1.03 bits per heavy atom. The van der Waals surface area contributed by atoms with Crippen molar-refractivity contribution >= 4 is 32.3 Å². The number of hydrogen-bond acceptors (Lipinski definition) is 6. The summed E-state index contributed by atoms with van der Waals surface area (Å²) in [5.41, 5.74) is -0.926. The van der Waals surface area contributed by atoms with Crippen LogP contribution in [0.15, 0.2) is 92.5 Å². The molecule has 32 heavy (non-hydrogen) atoms. The van der Waals surface area contributed by atoms with Crippen LogP contribution in [-0.4, -0.2) is 19.1 Å². The summed E-state index contributed by atoms with van der Waals surface area (Å²) in [6.07, 6.45) is 6.02. The third-order valence-corrected chi connectivity index (χ3v) is 5.69. The van der Waals surface area contributed by atoms with Crippen LogP contribution >= 0.6 is 0 Å². The first kappa shape index (κ1) is 18.1. The van der Waals surface area contributed by atoms with Gasteiger partial charge >= 0.3 is 0 Å². The van der Waals surface area contributed by atoms with Crippen LogP contribution in [0.4, 0.5) is 0 Å². The maximum absolute atomic E-state index is 13.0. The van der Waals surface area contributed by atoms with Crippen LogP contribution in [-0.2, 0) is 0 Å². The standard InChI is InChI=1S/C24H12N4O4/c29-21-17-9-13-11-19-20(24(32)28(23(19)31)16-3-7-26-8-4-16)12-14(13)10-18(17)22(30)27(21)15-1-5-25-6-2-15/h1-12H. The number of benzene rings is 2. The molecule has 0 saturated heterocycles. The molecule has 8 nitrogen and oxygen atoms in total. The van der Waals surface area contributed by atoms with E-state index in [-0.39, 0.29) is 21.5 Å². The summed E-state index contributed by atoms with van der Waals surface area (Å²) in [5.74, 6) is 0. The third-order valence-electron chi connectivity index (χ3n) is 5.69. The minimum absolute atomic E-state index is 0.252. The highest BCUT2D eigenvalue weighted by Crippen LogP contribution is 2.24. The first-order valence-corrected chi connectivity index (χ1v) is 9.74. The van der Waals surface area contributed by atoms with Crippen molar-refractivity contribution in [1.29, 1.82) is 0 Å². The number of rotatable bonds is 2. The fourth-order valence-corrected chi connectivity index (χ4v) is 4.18. The molecule has 0 spiro atoms. The zero-order chi connectivity index (χ0) is 22.0. The molecular formula is C24H12N4O4. The van der Waals surface area contributed by atoms with E-state index < -0.39 is 22.2 Å². The van der Waals surface area contributed by atoms with Gasteiger partial charge in [-0.25, -0.2) is 9.13 Å². The lowest BCUT2D eigenvalue weighted by molar-refractivity contribution is 0.985. The molecule has 0 unspecified atom stereocenters. The normalized spacial score (nSPS) is 11.6. The summed E-state index contributed by atoms with van der Waals surface area (Å²) >= 11 is 0. The van der Waals surface area contributed by atoms with E-state index >= 15 is 0 Å². The zero-order valence-electron chi connectivity index (χ0n) is 16.4. The monoisotopic (exact) mass is 420 g/mol. The number of fused-ring (bicyclic) bond motifs is 3. The van der Waals surface area contributed by atoms with Crippen molar-refractivity contribution in [2.24, 2.45) is 0 Å². The van der Waals surface area contributed by atoms with Gasteiger partial charge in [-0.1, -0.05) is 0 Å². The number of hydrogen-bond donors (Lipinski definition) is 0. The lowest BCUT2D eigenvalue weighted by Crippen LogP contribution is -2.23. The molecule has 0 saturated carbocycles. The van der Waals surface area contributed by atoms with Gasteiger partial charge in [-0.15, -0.1) is 0 Å². The molecule has 0 bridgehead atoms. The fourth-order valence-electron chi connectivity index (χ4n) is 4.18. The van der Waals surface area contributed by atoms with Crippen LogP contribution in [0.3, 0.4) is 0 Å². The van der Waals surface area contributed by atoms with Crippen molar-refractivity contribution in [3.05, 3.63) is 115 Å². The van der Waals surface area contributed by atoms with Gasteiger partial charge in [-0.2, -0.15) is 0 Å². The second-order valence-electron chi connectivity index (χ2n) is 7.44. The molecule has 4 aromatic heterocycles. The molecule has 0 aliphatic rings. The Kier molecular flexibility index (Phi) is 3.61. The Bertz CT molecular complexity index is 1660. The van der Waals surface area contributed by atoms with E-state index in [1.165, 1.54) is 24.8 Å². The average molecular weight is 420 g/mol. The van der Waals surface area contributed by atoms with Gasteiger partial charge in [0.05, 0.1) is 32.9 Å². The van der Waals surface area contributed by atoms with Gasteiger partial charge in [-0.3, -0.25) is 29.1 Å². The third kappa shape index (κ3) is 2.37. The molecule has 0 amide bonds. The number of nitrogens with zero attached hydrogens (tertiary/aromatic N) is 4. The van der Waals surface area contributed by atoms with Crippen molar-refractivity contribution < 1.29 is 0 Å². The molecule has 0 aliphatic heterocycles. The van der Waals surface area contributed by atoms with Gasteiger partial charge in [-0.05, 0) is 59.3 Å². The maximum atomic E-state index is 13.0. The van der Waals surface area contributed by atoms with E-state index in [0.29, 0.717) is 22.1 Å². The van der Waals surface area contributed by atoms with Crippen LogP contribution in [0.25, 0.3) is 43.7 Å². The zero-order valence-corrected chi connectivity index (χ0v) is 16.4. The van der Waals surface area contributed by atoms with Crippen molar-refractivity contribution in [3.8, 4) is 11.4 Å².